The Morgan fingerprint density at radius 1 is 1.04 bits per heavy atom. The molecule has 0 aliphatic carbocycles. The first kappa shape index (κ1) is 18.4. The van der Waals surface area contributed by atoms with E-state index in [0.29, 0.717) is 28.4 Å². The van der Waals surface area contributed by atoms with Gasteiger partial charge in [-0.3, -0.25) is 4.79 Å². The summed E-state index contributed by atoms with van der Waals surface area (Å²) in [5.41, 5.74) is 2.08. The molecule has 0 unspecified atom stereocenters. The van der Waals surface area contributed by atoms with Crippen LogP contribution >= 0.6 is 27.3 Å². The fraction of sp³-hybridized carbons (Fsp3) is 0.0435. The maximum atomic E-state index is 13.1. The summed E-state index contributed by atoms with van der Waals surface area (Å²) in [6, 6.07) is 24.5. The third-order valence-corrected chi connectivity index (χ3v) is 5.95. The summed E-state index contributed by atoms with van der Waals surface area (Å²) in [4.78, 5) is 13.7. The number of fused-ring (bicyclic) bond motifs is 1. The van der Waals surface area contributed by atoms with Gasteiger partial charge in [-0.05, 0) is 54.1 Å². The first-order chi connectivity index (χ1) is 13.7. The van der Waals surface area contributed by atoms with Gasteiger partial charge < -0.3 is 4.74 Å². The minimum Gasteiger partial charge on any atom is -0.487 e. The molecule has 4 rings (SSSR count). The number of ketones is 1. The Balaban J connectivity index is 1.72. The lowest BCUT2D eigenvalue weighted by molar-refractivity contribution is 0.103. The highest BCUT2D eigenvalue weighted by Gasteiger charge is 2.21. The summed E-state index contributed by atoms with van der Waals surface area (Å²) < 4.78 is 8.12. The Morgan fingerprint density at radius 3 is 2.57 bits per heavy atom. The van der Waals surface area contributed by atoms with Crippen molar-refractivity contribution in [1.82, 2.24) is 0 Å². The van der Waals surface area contributed by atoms with Crippen LogP contribution in [0.5, 0.6) is 5.75 Å². The molecule has 0 aliphatic heterocycles. The van der Waals surface area contributed by atoms with Gasteiger partial charge in [0.15, 0.2) is 0 Å². The van der Waals surface area contributed by atoms with Crippen molar-refractivity contribution in [3.05, 3.63) is 98.8 Å². The first-order valence-corrected chi connectivity index (χ1v) is 10.2. The summed E-state index contributed by atoms with van der Waals surface area (Å²) in [5, 5.41) is 9.90. The molecule has 28 heavy (non-hydrogen) atoms. The number of nitriles is 1. The average molecular weight is 448 g/mol. The second kappa shape index (κ2) is 7.97. The van der Waals surface area contributed by atoms with Gasteiger partial charge >= 0.3 is 0 Å². The Labute approximate surface area is 174 Å². The van der Waals surface area contributed by atoms with Gasteiger partial charge in [-0.15, -0.1) is 11.3 Å². The van der Waals surface area contributed by atoms with E-state index < -0.39 is 0 Å². The second-order valence-electron chi connectivity index (χ2n) is 6.19. The molecular weight excluding hydrogens is 434 g/mol. The number of ether oxygens (including phenoxy) is 1. The lowest BCUT2D eigenvalue weighted by atomic mass is 10.1. The SMILES string of the molecule is N#Cc1ccc(C(=O)c2sc3ccccc3c2OCc2cccc(Br)c2)cc1. The topological polar surface area (TPSA) is 50.1 Å². The third-order valence-electron chi connectivity index (χ3n) is 4.30. The standard InChI is InChI=1S/C23H14BrNO2S/c24-18-5-3-4-16(12-18)14-27-22-19-6-1-2-7-20(19)28-23(22)21(26)17-10-8-15(13-25)9-11-17/h1-12H,14H2. The molecule has 1 heterocycles. The Morgan fingerprint density at radius 2 is 1.82 bits per heavy atom. The molecule has 0 spiro atoms. The number of halogens is 1. The number of rotatable bonds is 5. The summed E-state index contributed by atoms with van der Waals surface area (Å²) in [7, 11) is 0. The van der Waals surface area contributed by atoms with Crippen LogP contribution in [-0.4, -0.2) is 5.78 Å². The van der Waals surface area contributed by atoms with E-state index in [1.807, 2.05) is 48.5 Å². The zero-order valence-electron chi connectivity index (χ0n) is 14.7. The van der Waals surface area contributed by atoms with Gasteiger partial charge in [0.25, 0.3) is 0 Å². The van der Waals surface area contributed by atoms with Gasteiger partial charge in [-0.1, -0.05) is 40.2 Å². The van der Waals surface area contributed by atoms with Crippen molar-refractivity contribution in [1.29, 1.82) is 5.26 Å². The van der Waals surface area contributed by atoms with E-state index in [1.54, 1.807) is 24.3 Å². The van der Waals surface area contributed by atoms with Crippen LogP contribution in [0.1, 0.15) is 26.4 Å². The predicted molar refractivity (Wildman–Crippen MR) is 115 cm³/mol. The molecule has 3 aromatic carbocycles. The van der Waals surface area contributed by atoms with E-state index in [-0.39, 0.29) is 5.78 Å². The van der Waals surface area contributed by atoms with Crippen molar-refractivity contribution in [2.24, 2.45) is 0 Å². The highest BCUT2D eigenvalue weighted by atomic mass is 79.9. The largest absolute Gasteiger partial charge is 0.487 e. The molecule has 0 N–H and O–H groups in total. The minimum atomic E-state index is -0.102. The van der Waals surface area contributed by atoms with Crippen LogP contribution < -0.4 is 4.74 Å². The smallest absolute Gasteiger partial charge is 0.206 e. The Bertz CT molecular complexity index is 1210. The van der Waals surface area contributed by atoms with Crippen LogP contribution in [0.2, 0.25) is 0 Å². The van der Waals surface area contributed by atoms with Gasteiger partial charge in [0.2, 0.25) is 5.78 Å². The molecule has 136 valence electrons. The van der Waals surface area contributed by atoms with E-state index in [0.717, 1.165) is 20.1 Å². The van der Waals surface area contributed by atoms with Crippen molar-refractivity contribution in [2.75, 3.05) is 0 Å². The number of hydrogen-bond donors (Lipinski definition) is 0. The maximum Gasteiger partial charge on any atom is 0.206 e. The zero-order chi connectivity index (χ0) is 19.5. The molecular formula is C23H14BrNO2S. The van der Waals surface area contributed by atoms with Crippen LogP contribution in [0.3, 0.4) is 0 Å². The lowest BCUT2D eigenvalue weighted by Crippen LogP contribution is -2.03. The van der Waals surface area contributed by atoms with E-state index in [4.69, 9.17) is 10.00 Å². The number of nitrogens with zero attached hydrogens (tertiary/aromatic N) is 1. The van der Waals surface area contributed by atoms with Crippen molar-refractivity contribution >= 4 is 43.1 Å². The van der Waals surface area contributed by atoms with Gasteiger partial charge in [-0.25, -0.2) is 0 Å². The lowest BCUT2D eigenvalue weighted by Gasteiger charge is -2.09. The van der Waals surface area contributed by atoms with Crippen molar-refractivity contribution < 1.29 is 9.53 Å². The zero-order valence-corrected chi connectivity index (χ0v) is 17.1. The summed E-state index contributed by atoms with van der Waals surface area (Å²) in [5.74, 6) is 0.505. The molecule has 0 saturated carbocycles. The normalized spacial score (nSPS) is 10.6. The van der Waals surface area contributed by atoms with Crippen LogP contribution in [0.15, 0.2) is 77.3 Å². The number of carbonyl (C=O) groups excluding carboxylic acids is 1. The van der Waals surface area contributed by atoms with E-state index >= 15 is 0 Å². The molecule has 0 radical (unpaired) electrons. The average Bonchev–Trinajstić information content (AvgIpc) is 3.10. The van der Waals surface area contributed by atoms with Gasteiger partial charge in [-0.2, -0.15) is 5.26 Å². The fourth-order valence-electron chi connectivity index (χ4n) is 2.92. The molecule has 0 atom stereocenters. The maximum absolute atomic E-state index is 13.1. The minimum absolute atomic E-state index is 0.102. The molecule has 0 amide bonds. The third kappa shape index (κ3) is 3.70. The number of thiophene rings is 1. The fourth-order valence-corrected chi connectivity index (χ4v) is 4.48. The van der Waals surface area contributed by atoms with Crippen LogP contribution in [0.25, 0.3) is 10.1 Å². The monoisotopic (exact) mass is 447 g/mol. The summed E-state index contributed by atoms with van der Waals surface area (Å²) in [6.07, 6.45) is 0. The Hall–Kier alpha value is -2.94. The number of hydrogen-bond acceptors (Lipinski definition) is 4. The molecule has 0 bridgehead atoms. The molecule has 5 heteroatoms. The molecule has 0 fully saturated rings. The molecule has 4 aromatic rings. The van der Waals surface area contributed by atoms with Crippen LogP contribution in [0.4, 0.5) is 0 Å². The van der Waals surface area contributed by atoms with E-state index in [1.165, 1.54) is 11.3 Å². The molecule has 0 saturated heterocycles. The highest BCUT2D eigenvalue weighted by molar-refractivity contribution is 9.10. The highest BCUT2D eigenvalue weighted by Crippen LogP contribution is 2.39. The predicted octanol–water partition coefficient (Wildman–Crippen LogP) is 6.35. The van der Waals surface area contributed by atoms with Gasteiger partial charge in [0.1, 0.15) is 17.2 Å². The second-order valence-corrected chi connectivity index (χ2v) is 8.16. The number of benzene rings is 3. The summed E-state index contributed by atoms with van der Waals surface area (Å²) in [6.45, 7) is 0.369. The summed E-state index contributed by atoms with van der Waals surface area (Å²) >= 11 is 4.90. The van der Waals surface area contributed by atoms with Crippen molar-refractivity contribution in [3.8, 4) is 11.8 Å². The van der Waals surface area contributed by atoms with E-state index in [9.17, 15) is 4.79 Å². The van der Waals surface area contributed by atoms with Crippen LogP contribution in [-0.2, 0) is 6.61 Å². The van der Waals surface area contributed by atoms with Gasteiger partial charge in [0.05, 0.1) is 11.6 Å². The quantitative estimate of drug-likeness (QED) is 0.335. The molecule has 3 nitrogen and oxygen atoms in total. The number of carbonyl (C=O) groups is 1. The molecule has 1 aromatic heterocycles. The van der Waals surface area contributed by atoms with Crippen molar-refractivity contribution in [2.45, 2.75) is 6.61 Å². The van der Waals surface area contributed by atoms with Gasteiger partial charge in [0, 0.05) is 20.1 Å². The van der Waals surface area contributed by atoms with E-state index in [2.05, 4.69) is 22.0 Å². The van der Waals surface area contributed by atoms with Crippen molar-refractivity contribution in [3.63, 3.8) is 0 Å². The Kier molecular flexibility index (Phi) is 5.25. The molecule has 0 aliphatic rings. The first-order valence-electron chi connectivity index (χ1n) is 8.59. The van der Waals surface area contributed by atoms with Crippen LogP contribution in [0, 0.1) is 11.3 Å².